The molecule has 6 heteroatoms. The van der Waals surface area contributed by atoms with Gasteiger partial charge in [0.2, 0.25) is 10.0 Å². The highest BCUT2D eigenvalue weighted by atomic mass is 35.5. The highest BCUT2D eigenvalue weighted by molar-refractivity contribution is 7.89. The van der Waals surface area contributed by atoms with Crippen molar-refractivity contribution in [1.82, 2.24) is 4.31 Å². The van der Waals surface area contributed by atoms with Crippen molar-refractivity contribution in [1.29, 1.82) is 0 Å². The van der Waals surface area contributed by atoms with Crippen LogP contribution in [0, 0.1) is 18.7 Å². The highest BCUT2D eigenvalue weighted by Crippen LogP contribution is 2.27. The Morgan fingerprint density at radius 1 is 1.47 bits per heavy atom. The first kappa shape index (κ1) is 14.8. The molecule has 1 aliphatic rings. The van der Waals surface area contributed by atoms with E-state index in [4.69, 9.17) is 11.6 Å². The van der Waals surface area contributed by atoms with Crippen molar-refractivity contribution in [2.45, 2.75) is 31.0 Å². The summed E-state index contributed by atoms with van der Waals surface area (Å²) in [7, 11) is -3.54. The summed E-state index contributed by atoms with van der Waals surface area (Å²) >= 11 is 5.66. The maximum atomic E-state index is 13.7. The molecule has 0 amide bonds. The second-order valence-corrected chi connectivity index (χ2v) is 7.31. The maximum absolute atomic E-state index is 13.7. The van der Waals surface area contributed by atoms with Gasteiger partial charge in [-0.1, -0.05) is 6.92 Å². The van der Waals surface area contributed by atoms with Crippen molar-refractivity contribution < 1.29 is 12.8 Å². The average Bonchev–Trinajstić information content (AvgIpc) is 2.79. The van der Waals surface area contributed by atoms with Crippen LogP contribution in [0.4, 0.5) is 4.39 Å². The van der Waals surface area contributed by atoms with Crippen LogP contribution in [0.5, 0.6) is 0 Å². The summed E-state index contributed by atoms with van der Waals surface area (Å²) in [6.45, 7) is 4.62. The summed E-state index contributed by atoms with van der Waals surface area (Å²) in [6, 6.07) is 2.72. The predicted octanol–water partition coefficient (Wildman–Crippen LogP) is 2.90. The Kier molecular flexibility index (Phi) is 4.18. The number of aryl methyl sites for hydroxylation is 1. The van der Waals surface area contributed by atoms with Crippen LogP contribution in [0.1, 0.15) is 24.5 Å². The van der Waals surface area contributed by atoms with Gasteiger partial charge in [0.25, 0.3) is 0 Å². The molecule has 106 valence electrons. The lowest BCUT2D eigenvalue weighted by Gasteiger charge is -2.17. The Labute approximate surface area is 118 Å². The van der Waals surface area contributed by atoms with Gasteiger partial charge in [-0.05, 0) is 37.0 Å². The van der Waals surface area contributed by atoms with Crippen LogP contribution in [0.25, 0.3) is 0 Å². The quantitative estimate of drug-likeness (QED) is 0.805. The van der Waals surface area contributed by atoms with E-state index in [9.17, 15) is 12.8 Å². The highest BCUT2D eigenvalue weighted by Gasteiger charge is 2.31. The van der Waals surface area contributed by atoms with Gasteiger partial charge in [-0.2, -0.15) is 4.31 Å². The molecule has 0 N–H and O–H groups in total. The van der Waals surface area contributed by atoms with E-state index in [2.05, 4.69) is 0 Å². The monoisotopic (exact) mass is 305 g/mol. The Hall–Kier alpha value is -0.650. The fourth-order valence-electron chi connectivity index (χ4n) is 2.31. The first-order valence-corrected chi connectivity index (χ1v) is 8.19. The van der Waals surface area contributed by atoms with Gasteiger partial charge in [-0.25, -0.2) is 12.8 Å². The summed E-state index contributed by atoms with van der Waals surface area (Å²) in [5, 5.41) is 0. The van der Waals surface area contributed by atoms with Crippen LogP contribution in [0.3, 0.4) is 0 Å². The van der Waals surface area contributed by atoms with Crippen LogP contribution in [-0.2, 0) is 15.9 Å². The number of alkyl halides is 1. The Morgan fingerprint density at radius 3 is 2.68 bits per heavy atom. The molecule has 0 aliphatic carbocycles. The standard InChI is InChI=1S/C13H17ClFNO2S/c1-9-3-4-16(8-9)19(17,18)12-5-10(2)13(15)11(6-12)7-14/h5-6,9H,3-4,7-8H2,1-2H3. The second kappa shape index (κ2) is 5.38. The number of hydrogen-bond donors (Lipinski definition) is 0. The normalized spacial score (nSPS) is 20.9. The van der Waals surface area contributed by atoms with Gasteiger partial charge < -0.3 is 0 Å². The molecule has 0 aromatic heterocycles. The molecule has 2 rings (SSSR count). The third-order valence-electron chi connectivity index (χ3n) is 3.47. The number of benzene rings is 1. The van der Waals surface area contributed by atoms with Crippen LogP contribution >= 0.6 is 11.6 Å². The van der Waals surface area contributed by atoms with Crippen LogP contribution in [0.2, 0.25) is 0 Å². The van der Waals surface area contributed by atoms with Crippen molar-refractivity contribution in [2.75, 3.05) is 13.1 Å². The molecule has 0 saturated carbocycles. The van der Waals surface area contributed by atoms with E-state index in [1.807, 2.05) is 6.92 Å². The Balaban J connectivity index is 2.44. The zero-order valence-corrected chi connectivity index (χ0v) is 12.6. The molecule has 1 heterocycles. The molecule has 1 saturated heterocycles. The zero-order valence-electron chi connectivity index (χ0n) is 11.0. The average molecular weight is 306 g/mol. The van der Waals surface area contributed by atoms with E-state index in [0.29, 0.717) is 24.6 Å². The predicted molar refractivity (Wildman–Crippen MR) is 73.2 cm³/mol. The fraction of sp³-hybridized carbons (Fsp3) is 0.538. The number of sulfonamides is 1. The van der Waals surface area contributed by atoms with Crippen molar-refractivity contribution in [3.63, 3.8) is 0 Å². The molecular formula is C13H17ClFNO2S. The van der Waals surface area contributed by atoms with Gasteiger partial charge in [0.1, 0.15) is 5.82 Å². The molecule has 3 nitrogen and oxygen atoms in total. The third-order valence-corrected chi connectivity index (χ3v) is 5.60. The lowest BCUT2D eigenvalue weighted by molar-refractivity contribution is 0.464. The smallest absolute Gasteiger partial charge is 0.207 e. The molecule has 1 atom stereocenters. The van der Waals surface area contributed by atoms with Crippen LogP contribution in [0.15, 0.2) is 17.0 Å². The second-order valence-electron chi connectivity index (χ2n) is 5.10. The van der Waals surface area contributed by atoms with Crippen molar-refractivity contribution in [3.05, 3.63) is 29.1 Å². The van der Waals surface area contributed by atoms with Crippen molar-refractivity contribution in [3.8, 4) is 0 Å². The summed E-state index contributed by atoms with van der Waals surface area (Å²) in [6.07, 6.45) is 0.863. The third kappa shape index (κ3) is 2.78. The SMILES string of the molecule is Cc1cc(S(=O)(=O)N2CCC(C)C2)cc(CCl)c1F. The van der Waals surface area contributed by atoms with Crippen LogP contribution in [-0.4, -0.2) is 25.8 Å². The number of nitrogens with zero attached hydrogens (tertiary/aromatic N) is 1. The van der Waals surface area contributed by atoms with Gasteiger partial charge in [0.05, 0.1) is 10.8 Å². The zero-order chi connectivity index (χ0) is 14.2. The molecule has 0 spiro atoms. The Morgan fingerprint density at radius 2 is 2.16 bits per heavy atom. The first-order valence-electron chi connectivity index (χ1n) is 6.21. The molecule has 0 radical (unpaired) electrons. The number of halogens is 2. The number of hydrogen-bond acceptors (Lipinski definition) is 2. The van der Waals surface area contributed by atoms with Gasteiger partial charge in [0.15, 0.2) is 0 Å². The largest absolute Gasteiger partial charge is 0.243 e. The molecule has 1 aromatic carbocycles. The minimum atomic E-state index is -3.54. The van der Waals surface area contributed by atoms with Crippen LogP contribution < -0.4 is 0 Å². The summed E-state index contributed by atoms with van der Waals surface area (Å²) in [4.78, 5) is 0.135. The maximum Gasteiger partial charge on any atom is 0.243 e. The van der Waals surface area contributed by atoms with E-state index >= 15 is 0 Å². The lowest BCUT2D eigenvalue weighted by atomic mass is 10.1. The van der Waals surface area contributed by atoms with E-state index in [0.717, 1.165) is 6.42 Å². The summed E-state index contributed by atoms with van der Waals surface area (Å²) < 4.78 is 40.1. The van der Waals surface area contributed by atoms with E-state index in [1.165, 1.54) is 16.4 Å². The van der Waals surface area contributed by atoms with E-state index in [-0.39, 0.29) is 16.3 Å². The minimum Gasteiger partial charge on any atom is -0.207 e. The molecule has 1 unspecified atom stereocenters. The molecule has 0 bridgehead atoms. The molecule has 19 heavy (non-hydrogen) atoms. The summed E-state index contributed by atoms with van der Waals surface area (Å²) in [5.41, 5.74) is 0.538. The minimum absolute atomic E-state index is 0.0353. The fourth-order valence-corrected chi connectivity index (χ4v) is 4.22. The summed E-state index contributed by atoms with van der Waals surface area (Å²) in [5.74, 6) is -0.0977. The lowest BCUT2D eigenvalue weighted by Crippen LogP contribution is -2.28. The van der Waals surface area contributed by atoms with Gasteiger partial charge >= 0.3 is 0 Å². The van der Waals surface area contributed by atoms with Crippen molar-refractivity contribution in [2.24, 2.45) is 5.92 Å². The van der Waals surface area contributed by atoms with E-state index < -0.39 is 15.8 Å². The van der Waals surface area contributed by atoms with Gasteiger partial charge in [0, 0.05) is 18.7 Å². The molecule has 1 aromatic rings. The molecule has 1 aliphatic heterocycles. The van der Waals surface area contributed by atoms with Gasteiger partial charge in [-0.3, -0.25) is 0 Å². The number of rotatable bonds is 3. The molecular weight excluding hydrogens is 289 g/mol. The Bertz CT molecular complexity index is 589. The molecule has 1 fully saturated rings. The van der Waals surface area contributed by atoms with Gasteiger partial charge in [-0.15, -0.1) is 11.6 Å². The van der Waals surface area contributed by atoms with Crippen molar-refractivity contribution >= 4 is 21.6 Å². The first-order chi connectivity index (χ1) is 8.86. The van der Waals surface area contributed by atoms with E-state index in [1.54, 1.807) is 6.92 Å². The topological polar surface area (TPSA) is 37.4 Å².